The molecule has 134 valence electrons. The quantitative estimate of drug-likeness (QED) is 0.568. The number of carbonyl (C=O) groups excluding carboxylic acids is 1. The summed E-state index contributed by atoms with van der Waals surface area (Å²) < 4.78 is 16.4. The Morgan fingerprint density at radius 1 is 1.00 bits per heavy atom. The van der Waals surface area contributed by atoms with Crippen LogP contribution in [0.4, 0.5) is 5.69 Å². The van der Waals surface area contributed by atoms with Gasteiger partial charge in [0.2, 0.25) is 0 Å². The molecule has 7 heteroatoms. The van der Waals surface area contributed by atoms with E-state index in [4.69, 9.17) is 26.4 Å². The summed E-state index contributed by atoms with van der Waals surface area (Å²) >= 11 is 6.66. The number of anilines is 1. The van der Waals surface area contributed by atoms with Crippen molar-refractivity contribution in [2.45, 2.75) is 0 Å². The lowest BCUT2D eigenvalue weighted by molar-refractivity contribution is -0.113. The molecule has 0 saturated carbocycles. The topological polar surface area (TPSA) is 48.0 Å². The van der Waals surface area contributed by atoms with E-state index in [2.05, 4.69) is 0 Å². The molecule has 5 nitrogen and oxygen atoms in total. The summed E-state index contributed by atoms with van der Waals surface area (Å²) in [5, 5.41) is 0. The van der Waals surface area contributed by atoms with Gasteiger partial charge in [-0.25, -0.2) is 0 Å². The lowest BCUT2D eigenvalue weighted by Crippen LogP contribution is -2.27. The standard InChI is InChI=1S/C19H17NO4S2/c1-22-14-9-7-13(8-10-14)20-18(21)16(26-19(20)25)11-12-5-4-6-15(23-2)17(12)24-3/h4-11H,1-3H3/b16-11+. The highest BCUT2D eigenvalue weighted by Crippen LogP contribution is 2.39. The van der Waals surface area contributed by atoms with Gasteiger partial charge in [-0.05, 0) is 36.4 Å². The number of ether oxygens (including phenoxy) is 3. The molecule has 1 fully saturated rings. The highest BCUT2D eigenvalue weighted by molar-refractivity contribution is 8.27. The van der Waals surface area contributed by atoms with Crippen molar-refractivity contribution in [3.8, 4) is 17.2 Å². The number of methoxy groups -OCH3 is 3. The maximum Gasteiger partial charge on any atom is 0.270 e. The number of benzene rings is 2. The van der Waals surface area contributed by atoms with Crippen molar-refractivity contribution in [3.63, 3.8) is 0 Å². The summed E-state index contributed by atoms with van der Waals surface area (Å²) in [5.74, 6) is 1.72. The first-order chi connectivity index (χ1) is 12.6. The van der Waals surface area contributed by atoms with Crippen molar-refractivity contribution in [2.24, 2.45) is 0 Å². The molecule has 0 spiro atoms. The van der Waals surface area contributed by atoms with E-state index in [0.717, 1.165) is 11.3 Å². The van der Waals surface area contributed by atoms with Gasteiger partial charge in [0.25, 0.3) is 5.91 Å². The molecule has 0 aliphatic carbocycles. The van der Waals surface area contributed by atoms with E-state index >= 15 is 0 Å². The van der Waals surface area contributed by atoms with Crippen LogP contribution in [0.25, 0.3) is 6.08 Å². The van der Waals surface area contributed by atoms with Crippen molar-refractivity contribution in [3.05, 3.63) is 52.9 Å². The highest BCUT2D eigenvalue weighted by atomic mass is 32.2. The number of hydrogen-bond acceptors (Lipinski definition) is 6. The Labute approximate surface area is 161 Å². The third-order valence-electron chi connectivity index (χ3n) is 3.84. The van der Waals surface area contributed by atoms with Gasteiger partial charge in [-0.1, -0.05) is 36.1 Å². The number of carbonyl (C=O) groups is 1. The lowest BCUT2D eigenvalue weighted by atomic mass is 10.1. The minimum Gasteiger partial charge on any atom is -0.497 e. The molecule has 0 bridgehead atoms. The number of para-hydroxylation sites is 1. The molecule has 2 aromatic rings. The molecule has 2 aromatic carbocycles. The average Bonchev–Trinajstić information content (AvgIpc) is 2.94. The van der Waals surface area contributed by atoms with Gasteiger partial charge < -0.3 is 14.2 Å². The van der Waals surface area contributed by atoms with Gasteiger partial charge in [-0.2, -0.15) is 0 Å². The number of thiocarbonyl (C=S) groups is 1. The minimum absolute atomic E-state index is 0.171. The Bertz CT molecular complexity index is 878. The molecule has 0 aromatic heterocycles. The maximum atomic E-state index is 12.9. The third-order valence-corrected chi connectivity index (χ3v) is 5.15. The molecule has 1 aliphatic rings. The number of hydrogen-bond donors (Lipinski definition) is 0. The van der Waals surface area contributed by atoms with Gasteiger partial charge >= 0.3 is 0 Å². The summed E-state index contributed by atoms with van der Waals surface area (Å²) in [4.78, 5) is 14.9. The summed E-state index contributed by atoms with van der Waals surface area (Å²) in [6.45, 7) is 0. The molecule has 1 amide bonds. The molecule has 0 N–H and O–H groups in total. The SMILES string of the molecule is COc1ccc(N2C(=O)/C(=C\c3cccc(OC)c3OC)SC2=S)cc1. The summed E-state index contributed by atoms with van der Waals surface area (Å²) in [6, 6.07) is 12.7. The van der Waals surface area contributed by atoms with Crippen LogP contribution in [-0.2, 0) is 4.79 Å². The number of rotatable bonds is 5. The van der Waals surface area contributed by atoms with Gasteiger partial charge in [0.1, 0.15) is 5.75 Å². The average molecular weight is 387 g/mol. The Morgan fingerprint density at radius 3 is 2.35 bits per heavy atom. The first-order valence-corrected chi connectivity index (χ1v) is 8.94. The first kappa shape index (κ1) is 18.3. The largest absolute Gasteiger partial charge is 0.497 e. The van der Waals surface area contributed by atoms with Crippen LogP contribution in [0.3, 0.4) is 0 Å². The van der Waals surface area contributed by atoms with E-state index in [9.17, 15) is 4.79 Å². The highest BCUT2D eigenvalue weighted by Gasteiger charge is 2.33. The van der Waals surface area contributed by atoms with Gasteiger partial charge in [0, 0.05) is 5.56 Å². The summed E-state index contributed by atoms with van der Waals surface area (Å²) in [7, 11) is 4.74. The molecule has 1 aliphatic heterocycles. The zero-order valence-electron chi connectivity index (χ0n) is 14.5. The first-order valence-electron chi connectivity index (χ1n) is 7.72. The van der Waals surface area contributed by atoms with Crippen molar-refractivity contribution >= 4 is 46.0 Å². The Kier molecular flexibility index (Phi) is 5.49. The Hall–Kier alpha value is -2.51. The Balaban J connectivity index is 1.95. The molecular weight excluding hydrogens is 370 g/mol. The van der Waals surface area contributed by atoms with Crippen LogP contribution < -0.4 is 19.1 Å². The fraction of sp³-hybridized carbons (Fsp3) is 0.158. The van der Waals surface area contributed by atoms with Crippen LogP contribution >= 0.6 is 24.0 Å². The molecule has 0 atom stereocenters. The summed E-state index contributed by atoms with van der Waals surface area (Å²) in [5.41, 5.74) is 1.45. The van der Waals surface area contributed by atoms with Gasteiger partial charge in [0.05, 0.1) is 31.9 Å². The van der Waals surface area contributed by atoms with E-state index in [0.29, 0.717) is 26.4 Å². The molecular formula is C19H17NO4S2. The predicted molar refractivity (Wildman–Crippen MR) is 108 cm³/mol. The van der Waals surface area contributed by atoms with Crippen LogP contribution in [0.2, 0.25) is 0 Å². The molecule has 0 unspecified atom stereocenters. The van der Waals surface area contributed by atoms with E-state index in [1.165, 1.54) is 16.7 Å². The molecule has 0 radical (unpaired) electrons. The van der Waals surface area contributed by atoms with Crippen molar-refractivity contribution in [2.75, 3.05) is 26.2 Å². The van der Waals surface area contributed by atoms with Crippen LogP contribution in [0, 0.1) is 0 Å². The second kappa shape index (κ2) is 7.80. The van der Waals surface area contributed by atoms with Crippen LogP contribution in [0.1, 0.15) is 5.56 Å². The van der Waals surface area contributed by atoms with Crippen LogP contribution in [0.5, 0.6) is 17.2 Å². The zero-order chi connectivity index (χ0) is 18.7. The molecule has 26 heavy (non-hydrogen) atoms. The number of amides is 1. The minimum atomic E-state index is -0.171. The van der Waals surface area contributed by atoms with E-state index in [1.54, 1.807) is 57.7 Å². The predicted octanol–water partition coefficient (Wildman–Crippen LogP) is 4.12. The van der Waals surface area contributed by atoms with Gasteiger partial charge in [0.15, 0.2) is 15.8 Å². The zero-order valence-corrected chi connectivity index (χ0v) is 16.1. The van der Waals surface area contributed by atoms with Gasteiger partial charge in [-0.15, -0.1) is 0 Å². The monoisotopic (exact) mass is 387 g/mol. The fourth-order valence-electron chi connectivity index (χ4n) is 2.59. The number of thioether (sulfide) groups is 1. The summed E-state index contributed by atoms with van der Waals surface area (Å²) in [6.07, 6.45) is 1.77. The molecule has 3 rings (SSSR count). The second-order valence-corrected chi connectivity index (χ2v) is 6.97. The lowest BCUT2D eigenvalue weighted by Gasteiger charge is -2.14. The number of nitrogens with zero attached hydrogens (tertiary/aromatic N) is 1. The van der Waals surface area contributed by atoms with E-state index < -0.39 is 0 Å². The van der Waals surface area contributed by atoms with Crippen LogP contribution in [-0.4, -0.2) is 31.6 Å². The Morgan fingerprint density at radius 2 is 1.73 bits per heavy atom. The van der Waals surface area contributed by atoms with Gasteiger partial charge in [-0.3, -0.25) is 9.69 Å². The van der Waals surface area contributed by atoms with Crippen molar-refractivity contribution in [1.29, 1.82) is 0 Å². The van der Waals surface area contributed by atoms with E-state index in [-0.39, 0.29) is 5.91 Å². The fourth-order valence-corrected chi connectivity index (χ4v) is 3.88. The van der Waals surface area contributed by atoms with E-state index in [1.807, 2.05) is 12.1 Å². The maximum absolute atomic E-state index is 12.9. The second-order valence-electron chi connectivity index (χ2n) is 5.30. The molecule has 1 saturated heterocycles. The third kappa shape index (κ3) is 3.40. The normalized spacial score (nSPS) is 15.5. The smallest absolute Gasteiger partial charge is 0.270 e. The van der Waals surface area contributed by atoms with Crippen molar-refractivity contribution < 1.29 is 19.0 Å². The van der Waals surface area contributed by atoms with Crippen molar-refractivity contribution in [1.82, 2.24) is 0 Å². The van der Waals surface area contributed by atoms with Crippen LogP contribution in [0.15, 0.2) is 47.4 Å². The molecule has 1 heterocycles.